The van der Waals surface area contributed by atoms with Crippen molar-refractivity contribution >= 4 is 18.7 Å². The van der Waals surface area contributed by atoms with Gasteiger partial charge in [0, 0.05) is 11.1 Å². The fraction of sp³-hybridized carbons (Fsp3) is 0.214. The largest absolute Gasteiger partial charge is 0.534 e. The highest BCUT2D eigenvalue weighted by atomic mass is 28.4. The summed E-state index contributed by atoms with van der Waals surface area (Å²) < 4.78 is 14.5. The Balaban J connectivity index is 1.41. The van der Waals surface area contributed by atoms with Crippen molar-refractivity contribution in [3.05, 3.63) is 157 Å². The number of benzene rings is 5. The summed E-state index contributed by atoms with van der Waals surface area (Å²) in [5.41, 5.74) is 4.68. The molecule has 7 rings (SSSR count). The van der Waals surface area contributed by atoms with Crippen molar-refractivity contribution in [1.29, 1.82) is 0 Å². The predicted octanol–water partition coefficient (Wildman–Crippen LogP) is 8.75. The van der Waals surface area contributed by atoms with Gasteiger partial charge in [0.25, 0.3) is 0 Å². The minimum Gasteiger partial charge on any atom is -0.534 e. The number of fused-ring (bicyclic) bond motifs is 1. The van der Waals surface area contributed by atoms with Gasteiger partial charge in [-0.25, -0.2) is 4.98 Å². The number of nitrogens with one attached hydrogen (secondary N) is 1. The lowest BCUT2D eigenvalue weighted by Crippen LogP contribution is -2.69. The summed E-state index contributed by atoms with van der Waals surface area (Å²) in [6.07, 6.45) is 2.76. The first-order valence-corrected chi connectivity index (χ1v) is 18.5. The average molecular weight is 635 g/mol. The number of aromatic nitrogens is 1. The van der Waals surface area contributed by atoms with Gasteiger partial charge in [-0.1, -0.05) is 154 Å². The maximum Gasteiger partial charge on any atom is 0.319 e. The lowest BCUT2D eigenvalue weighted by atomic mass is 9.76. The summed E-state index contributed by atoms with van der Waals surface area (Å²) >= 11 is 0. The van der Waals surface area contributed by atoms with E-state index in [4.69, 9.17) is 13.8 Å². The van der Waals surface area contributed by atoms with Crippen LogP contribution in [0, 0.1) is 0 Å². The SMILES string of the molecule is CN[C@@]1(c2nc(-c3ccccc3)c(-c3ccccc3)o2)CCCc2c(O[Si](c3ccccc3)(c3ccccc3)C(C)(C)C)cccc21. The van der Waals surface area contributed by atoms with Gasteiger partial charge in [0.05, 0.1) is 0 Å². The summed E-state index contributed by atoms with van der Waals surface area (Å²) in [7, 11) is -0.811. The van der Waals surface area contributed by atoms with Gasteiger partial charge < -0.3 is 14.2 Å². The Hall–Kier alpha value is -4.71. The fourth-order valence-electron chi connectivity index (χ4n) is 7.47. The highest BCUT2D eigenvalue weighted by molar-refractivity contribution is 7.00. The Morgan fingerprint density at radius 2 is 1.26 bits per heavy atom. The molecule has 0 aliphatic heterocycles. The summed E-state index contributed by atoms with van der Waals surface area (Å²) in [6.45, 7) is 6.99. The van der Waals surface area contributed by atoms with E-state index in [9.17, 15) is 0 Å². The van der Waals surface area contributed by atoms with Crippen LogP contribution in [0.15, 0.2) is 144 Å². The minimum atomic E-state index is -2.84. The molecule has 1 aliphatic carbocycles. The number of hydrogen-bond acceptors (Lipinski definition) is 4. The number of rotatable bonds is 8. The van der Waals surface area contributed by atoms with E-state index in [1.54, 1.807) is 0 Å². The van der Waals surface area contributed by atoms with Gasteiger partial charge in [0.1, 0.15) is 17.0 Å². The molecule has 0 unspecified atom stereocenters. The second kappa shape index (κ2) is 12.5. The zero-order valence-electron chi connectivity index (χ0n) is 27.7. The van der Waals surface area contributed by atoms with Crippen LogP contribution in [0.2, 0.25) is 5.04 Å². The van der Waals surface area contributed by atoms with Gasteiger partial charge >= 0.3 is 8.32 Å². The number of oxazole rings is 1. The molecular weight excluding hydrogens is 593 g/mol. The monoisotopic (exact) mass is 634 g/mol. The molecule has 1 atom stereocenters. The molecule has 1 heterocycles. The first-order chi connectivity index (χ1) is 22.9. The third-order valence-electron chi connectivity index (χ3n) is 9.75. The van der Waals surface area contributed by atoms with Gasteiger partial charge in [0.15, 0.2) is 5.76 Å². The molecule has 47 heavy (non-hydrogen) atoms. The van der Waals surface area contributed by atoms with Gasteiger partial charge in [0.2, 0.25) is 5.89 Å². The van der Waals surface area contributed by atoms with Crippen molar-refractivity contribution in [2.45, 2.75) is 50.6 Å². The Bertz CT molecular complexity index is 1850. The Kier molecular flexibility index (Phi) is 8.21. The van der Waals surface area contributed by atoms with Crippen LogP contribution in [0.3, 0.4) is 0 Å². The molecule has 4 nitrogen and oxygen atoms in total. The minimum absolute atomic E-state index is 0.148. The fourth-order valence-corrected chi connectivity index (χ4v) is 11.9. The van der Waals surface area contributed by atoms with E-state index < -0.39 is 13.9 Å². The Labute approximate surface area is 279 Å². The Morgan fingerprint density at radius 3 is 1.81 bits per heavy atom. The molecule has 1 N–H and O–H groups in total. The third kappa shape index (κ3) is 5.34. The van der Waals surface area contributed by atoms with Crippen LogP contribution >= 0.6 is 0 Å². The maximum absolute atomic E-state index is 7.64. The van der Waals surface area contributed by atoms with E-state index >= 15 is 0 Å². The van der Waals surface area contributed by atoms with E-state index in [1.165, 1.54) is 21.5 Å². The molecule has 0 radical (unpaired) electrons. The summed E-state index contributed by atoms with van der Waals surface area (Å²) in [5.74, 6) is 2.42. The lowest BCUT2D eigenvalue weighted by molar-refractivity contribution is 0.290. The molecule has 6 aromatic rings. The molecule has 236 valence electrons. The highest BCUT2D eigenvalue weighted by Gasteiger charge is 2.53. The van der Waals surface area contributed by atoms with Crippen LogP contribution in [0.1, 0.15) is 50.6 Å². The molecule has 0 spiro atoms. The molecule has 0 saturated heterocycles. The maximum atomic E-state index is 7.64. The third-order valence-corrected chi connectivity index (χ3v) is 14.7. The molecule has 1 aromatic heterocycles. The van der Waals surface area contributed by atoms with Crippen molar-refractivity contribution < 1.29 is 8.84 Å². The average Bonchev–Trinajstić information content (AvgIpc) is 3.58. The summed E-state index contributed by atoms with van der Waals surface area (Å²) in [6, 6.07) is 48.9. The van der Waals surface area contributed by atoms with Crippen LogP contribution in [0.4, 0.5) is 0 Å². The van der Waals surface area contributed by atoms with Gasteiger partial charge in [-0.3, -0.25) is 0 Å². The molecule has 0 saturated carbocycles. The molecule has 0 bridgehead atoms. The zero-order chi connectivity index (χ0) is 32.5. The zero-order valence-corrected chi connectivity index (χ0v) is 28.7. The lowest BCUT2D eigenvalue weighted by Gasteiger charge is -2.44. The quantitative estimate of drug-likeness (QED) is 0.170. The van der Waals surface area contributed by atoms with E-state index in [-0.39, 0.29) is 5.04 Å². The van der Waals surface area contributed by atoms with Crippen molar-refractivity contribution in [3.63, 3.8) is 0 Å². The first kappa shape index (κ1) is 30.9. The summed E-state index contributed by atoms with van der Waals surface area (Å²) in [5, 5.41) is 6.10. The van der Waals surface area contributed by atoms with Crippen LogP contribution in [-0.4, -0.2) is 20.3 Å². The van der Waals surface area contributed by atoms with E-state index in [0.717, 1.165) is 47.6 Å². The van der Waals surface area contributed by atoms with Crippen LogP contribution in [0.25, 0.3) is 22.6 Å². The number of hydrogen-bond donors (Lipinski definition) is 1. The Morgan fingerprint density at radius 1 is 0.702 bits per heavy atom. The molecule has 5 heteroatoms. The predicted molar refractivity (Wildman–Crippen MR) is 195 cm³/mol. The van der Waals surface area contributed by atoms with Crippen molar-refractivity contribution in [2.75, 3.05) is 7.05 Å². The normalized spacial score (nSPS) is 16.4. The van der Waals surface area contributed by atoms with Gasteiger partial charge in [-0.2, -0.15) is 0 Å². The molecule has 1 aliphatic rings. The molecular formula is C42H42N2O2Si. The topological polar surface area (TPSA) is 47.3 Å². The first-order valence-electron chi connectivity index (χ1n) is 16.6. The highest BCUT2D eigenvalue weighted by Crippen LogP contribution is 2.47. The van der Waals surface area contributed by atoms with Crippen LogP contribution in [-0.2, 0) is 12.0 Å². The summed E-state index contributed by atoms with van der Waals surface area (Å²) in [4.78, 5) is 5.30. The van der Waals surface area contributed by atoms with Crippen molar-refractivity contribution in [3.8, 4) is 28.3 Å². The second-order valence-electron chi connectivity index (χ2n) is 13.5. The molecule has 0 amide bonds. The van der Waals surface area contributed by atoms with Crippen LogP contribution < -0.4 is 20.1 Å². The van der Waals surface area contributed by atoms with E-state index in [2.05, 4.69) is 141 Å². The molecule has 0 fully saturated rings. The standard InChI is InChI=1S/C42H42N2O2Si/c1-41(2,3)47(33-23-13-7-14-24-33,34-25-15-8-16-26-34)46-37-29-17-28-36-35(37)27-18-30-42(36,43-4)40-44-38(31-19-9-5-10-20-31)39(45-40)32-21-11-6-12-22-32/h5-17,19-26,28-29,43H,18,27,30H2,1-4H3/t42-/m0/s1. The van der Waals surface area contributed by atoms with Crippen LogP contribution in [0.5, 0.6) is 5.75 Å². The second-order valence-corrected chi connectivity index (χ2v) is 17.7. The van der Waals surface area contributed by atoms with Gasteiger partial charge in [-0.05, 0) is 58.9 Å². The number of nitrogens with zero attached hydrogens (tertiary/aromatic N) is 1. The van der Waals surface area contributed by atoms with Gasteiger partial charge in [-0.15, -0.1) is 0 Å². The molecule has 5 aromatic carbocycles. The van der Waals surface area contributed by atoms with Crippen molar-refractivity contribution in [2.24, 2.45) is 0 Å². The van der Waals surface area contributed by atoms with Crippen molar-refractivity contribution in [1.82, 2.24) is 10.3 Å². The van der Waals surface area contributed by atoms with E-state index in [0.29, 0.717) is 5.89 Å². The smallest absolute Gasteiger partial charge is 0.319 e. The van der Waals surface area contributed by atoms with E-state index in [1.807, 2.05) is 31.3 Å².